The molecule has 0 aliphatic carbocycles. The second-order valence-corrected chi connectivity index (χ2v) is 8.43. The van der Waals surface area contributed by atoms with Crippen LogP contribution in [0, 0.1) is 6.92 Å². The van der Waals surface area contributed by atoms with E-state index in [1.807, 2.05) is 19.9 Å². The van der Waals surface area contributed by atoms with Gasteiger partial charge in [-0.1, -0.05) is 12.1 Å². The maximum atomic E-state index is 12.8. The number of hydrogen-bond acceptors (Lipinski definition) is 4. The Morgan fingerprint density at radius 3 is 2.74 bits per heavy atom. The van der Waals surface area contributed by atoms with E-state index >= 15 is 0 Å². The quantitative estimate of drug-likeness (QED) is 0.845. The van der Waals surface area contributed by atoms with E-state index in [9.17, 15) is 8.42 Å². The molecule has 23 heavy (non-hydrogen) atoms. The minimum atomic E-state index is -3.41. The van der Waals surface area contributed by atoms with Crippen LogP contribution in [0.4, 0.5) is 0 Å². The van der Waals surface area contributed by atoms with Gasteiger partial charge in [0.05, 0.1) is 23.2 Å². The Hall–Kier alpha value is -0.950. The SMILES string of the molecule is CCO[C@@H]1COC2(CCN(S(=O)(=O)c3cccc(C)c3)CC2)C1. The Bertz CT molecular complexity index is 650. The Morgan fingerprint density at radius 2 is 2.09 bits per heavy atom. The molecule has 1 spiro atoms. The first-order valence-electron chi connectivity index (χ1n) is 8.28. The summed E-state index contributed by atoms with van der Waals surface area (Å²) in [6.45, 7) is 6.23. The molecule has 5 nitrogen and oxygen atoms in total. The third kappa shape index (κ3) is 3.45. The van der Waals surface area contributed by atoms with Gasteiger partial charge in [-0.15, -0.1) is 0 Å². The number of nitrogens with zero attached hydrogens (tertiary/aromatic N) is 1. The van der Waals surface area contributed by atoms with Crippen LogP contribution in [0.2, 0.25) is 0 Å². The van der Waals surface area contributed by atoms with Gasteiger partial charge in [0.1, 0.15) is 0 Å². The smallest absolute Gasteiger partial charge is 0.243 e. The molecule has 2 aliphatic heterocycles. The van der Waals surface area contributed by atoms with Crippen molar-refractivity contribution >= 4 is 10.0 Å². The second kappa shape index (κ2) is 6.51. The summed E-state index contributed by atoms with van der Waals surface area (Å²) in [6.07, 6.45) is 2.50. The highest BCUT2D eigenvalue weighted by atomic mass is 32.2. The molecule has 0 radical (unpaired) electrons. The number of aryl methyl sites for hydroxylation is 1. The van der Waals surface area contributed by atoms with Crippen molar-refractivity contribution in [1.82, 2.24) is 4.31 Å². The van der Waals surface area contributed by atoms with E-state index in [2.05, 4.69) is 0 Å². The summed E-state index contributed by atoms with van der Waals surface area (Å²) in [6, 6.07) is 7.10. The van der Waals surface area contributed by atoms with E-state index in [1.165, 1.54) is 0 Å². The molecular formula is C17H25NO4S. The lowest BCUT2D eigenvalue weighted by Gasteiger charge is -2.37. The third-order valence-corrected chi connectivity index (χ3v) is 6.73. The molecule has 2 fully saturated rings. The number of ether oxygens (including phenoxy) is 2. The number of benzene rings is 1. The van der Waals surface area contributed by atoms with Crippen LogP contribution >= 0.6 is 0 Å². The van der Waals surface area contributed by atoms with E-state index in [0.29, 0.717) is 31.2 Å². The van der Waals surface area contributed by atoms with Crippen LogP contribution in [0.15, 0.2) is 29.2 Å². The lowest BCUT2D eigenvalue weighted by atomic mass is 9.89. The number of hydrogen-bond donors (Lipinski definition) is 0. The van der Waals surface area contributed by atoms with Gasteiger partial charge in [0, 0.05) is 26.1 Å². The molecule has 6 heteroatoms. The lowest BCUT2D eigenvalue weighted by Crippen LogP contribution is -2.46. The van der Waals surface area contributed by atoms with Gasteiger partial charge >= 0.3 is 0 Å². The van der Waals surface area contributed by atoms with Crippen molar-refractivity contribution < 1.29 is 17.9 Å². The first-order chi connectivity index (χ1) is 11.0. The van der Waals surface area contributed by atoms with Crippen molar-refractivity contribution in [2.75, 3.05) is 26.3 Å². The fraction of sp³-hybridized carbons (Fsp3) is 0.647. The van der Waals surface area contributed by atoms with Crippen LogP contribution in [0.3, 0.4) is 0 Å². The van der Waals surface area contributed by atoms with Crippen LogP contribution in [-0.4, -0.2) is 50.7 Å². The Morgan fingerprint density at radius 1 is 1.35 bits per heavy atom. The molecule has 2 aliphatic rings. The molecule has 1 atom stereocenters. The first-order valence-corrected chi connectivity index (χ1v) is 9.72. The molecule has 0 unspecified atom stereocenters. The predicted molar refractivity (Wildman–Crippen MR) is 87.9 cm³/mol. The molecule has 128 valence electrons. The van der Waals surface area contributed by atoms with Gasteiger partial charge in [0.15, 0.2) is 0 Å². The highest BCUT2D eigenvalue weighted by Gasteiger charge is 2.45. The molecule has 0 amide bonds. The van der Waals surface area contributed by atoms with Gasteiger partial charge in [0.2, 0.25) is 10.0 Å². The molecule has 3 rings (SSSR count). The Labute approximate surface area is 138 Å². The number of sulfonamides is 1. The molecule has 0 aromatic heterocycles. The van der Waals surface area contributed by atoms with E-state index in [4.69, 9.17) is 9.47 Å². The van der Waals surface area contributed by atoms with Crippen LogP contribution in [0.5, 0.6) is 0 Å². The van der Waals surface area contributed by atoms with Crippen LogP contribution < -0.4 is 0 Å². The summed E-state index contributed by atoms with van der Waals surface area (Å²) in [5.41, 5.74) is 0.761. The summed E-state index contributed by atoms with van der Waals surface area (Å²) in [7, 11) is -3.41. The maximum Gasteiger partial charge on any atom is 0.243 e. The minimum Gasteiger partial charge on any atom is -0.376 e. The highest BCUT2D eigenvalue weighted by molar-refractivity contribution is 7.89. The normalized spacial score (nSPS) is 25.0. The molecule has 1 aromatic rings. The largest absolute Gasteiger partial charge is 0.376 e. The van der Waals surface area contributed by atoms with E-state index in [-0.39, 0.29) is 11.7 Å². The first kappa shape index (κ1) is 16.9. The molecule has 2 heterocycles. The average Bonchev–Trinajstić information content (AvgIpc) is 2.91. The zero-order valence-corrected chi connectivity index (χ0v) is 14.6. The van der Waals surface area contributed by atoms with Crippen LogP contribution in [-0.2, 0) is 19.5 Å². The fourth-order valence-corrected chi connectivity index (χ4v) is 5.10. The summed E-state index contributed by atoms with van der Waals surface area (Å²) in [5, 5.41) is 0. The standard InChI is InChI=1S/C17H25NO4S/c1-3-21-15-12-17(22-13-15)7-9-18(10-8-17)23(19,20)16-6-4-5-14(2)11-16/h4-6,11,15H,3,7-10,12-13H2,1-2H3/t15-/m0/s1. The van der Waals surface area contributed by atoms with Gasteiger partial charge in [-0.3, -0.25) is 0 Å². The van der Waals surface area contributed by atoms with Crippen molar-refractivity contribution in [3.05, 3.63) is 29.8 Å². The zero-order chi connectivity index (χ0) is 16.5. The number of rotatable bonds is 4. The third-order valence-electron chi connectivity index (χ3n) is 4.84. The van der Waals surface area contributed by atoms with Gasteiger partial charge in [-0.25, -0.2) is 8.42 Å². The van der Waals surface area contributed by atoms with E-state index < -0.39 is 10.0 Å². The zero-order valence-electron chi connectivity index (χ0n) is 13.8. The predicted octanol–water partition coefficient (Wildman–Crippen LogP) is 2.34. The monoisotopic (exact) mass is 339 g/mol. The van der Waals surface area contributed by atoms with Gasteiger partial charge in [-0.05, 0) is 44.4 Å². The molecule has 2 saturated heterocycles. The highest BCUT2D eigenvalue weighted by Crippen LogP contribution is 2.38. The molecule has 0 saturated carbocycles. The summed E-state index contributed by atoms with van der Waals surface area (Å²) in [5.74, 6) is 0. The lowest BCUT2D eigenvalue weighted by molar-refractivity contribution is -0.0336. The maximum absolute atomic E-state index is 12.8. The topological polar surface area (TPSA) is 55.8 Å². The Balaban J connectivity index is 1.67. The van der Waals surface area contributed by atoms with E-state index in [1.54, 1.807) is 22.5 Å². The Kier molecular flexibility index (Phi) is 4.78. The molecule has 0 bridgehead atoms. The van der Waals surface area contributed by atoms with Crippen molar-refractivity contribution in [3.8, 4) is 0 Å². The van der Waals surface area contributed by atoms with Crippen molar-refractivity contribution in [2.24, 2.45) is 0 Å². The average molecular weight is 339 g/mol. The fourth-order valence-electron chi connectivity index (χ4n) is 3.55. The summed E-state index contributed by atoms with van der Waals surface area (Å²) < 4.78 is 38.8. The van der Waals surface area contributed by atoms with Crippen molar-refractivity contribution in [2.45, 2.75) is 49.7 Å². The number of piperidine rings is 1. The summed E-state index contributed by atoms with van der Waals surface area (Å²) >= 11 is 0. The van der Waals surface area contributed by atoms with Crippen LogP contribution in [0.1, 0.15) is 31.7 Å². The minimum absolute atomic E-state index is 0.153. The molecule has 0 N–H and O–H groups in total. The van der Waals surface area contributed by atoms with Gasteiger partial charge in [0.25, 0.3) is 0 Å². The molecular weight excluding hydrogens is 314 g/mol. The van der Waals surface area contributed by atoms with Gasteiger partial charge < -0.3 is 9.47 Å². The van der Waals surface area contributed by atoms with Crippen LogP contribution in [0.25, 0.3) is 0 Å². The van der Waals surface area contributed by atoms with Crippen molar-refractivity contribution in [1.29, 1.82) is 0 Å². The van der Waals surface area contributed by atoms with E-state index in [0.717, 1.165) is 24.8 Å². The summed E-state index contributed by atoms with van der Waals surface area (Å²) in [4.78, 5) is 0.382. The second-order valence-electron chi connectivity index (χ2n) is 6.50. The van der Waals surface area contributed by atoms with Crippen molar-refractivity contribution in [3.63, 3.8) is 0 Å². The van der Waals surface area contributed by atoms with Gasteiger partial charge in [-0.2, -0.15) is 4.31 Å². The molecule has 1 aromatic carbocycles.